The summed E-state index contributed by atoms with van der Waals surface area (Å²) in [6.45, 7) is 6.59. The lowest BCUT2D eigenvalue weighted by molar-refractivity contribution is 0.571. The molecule has 0 bridgehead atoms. The first-order valence-electron chi connectivity index (χ1n) is 15.7. The van der Waals surface area contributed by atoms with Gasteiger partial charge < -0.3 is 9.80 Å². The van der Waals surface area contributed by atoms with Gasteiger partial charge in [-0.25, -0.2) is 9.97 Å². The maximum Gasteiger partial charge on any atom is 0.0930 e. The van der Waals surface area contributed by atoms with Gasteiger partial charge in [0.1, 0.15) is 0 Å². The molecule has 0 atom stereocenters. The molecule has 0 saturated heterocycles. The summed E-state index contributed by atoms with van der Waals surface area (Å²) in [5.74, 6) is 0. The number of benzene rings is 6. The van der Waals surface area contributed by atoms with Crippen molar-refractivity contribution in [2.45, 2.75) is 26.2 Å². The number of anilines is 6. The van der Waals surface area contributed by atoms with Gasteiger partial charge in [0.05, 0.1) is 22.4 Å². The number of hydrogen-bond acceptors (Lipinski definition) is 4. The second-order valence-electron chi connectivity index (χ2n) is 12.4. The average Bonchev–Trinajstić information content (AvgIpc) is 3.10. The minimum absolute atomic E-state index is 0.157. The molecule has 0 fully saturated rings. The van der Waals surface area contributed by atoms with Crippen molar-refractivity contribution in [3.63, 3.8) is 0 Å². The molecule has 4 nitrogen and oxygen atoms in total. The van der Waals surface area contributed by atoms with Gasteiger partial charge in [-0.2, -0.15) is 0 Å². The molecular formula is C42H36N4. The summed E-state index contributed by atoms with van der Waals surface area (Å²) in [5, 5.41) is 0. The molecule has 46 heavy (non-hydrogen) atoms. The van der Waals surface area contributed by atoms with Crippen LogP contribution in [0.3, 0.4) is 0 Å². The van der Waals surface area contributed by atoms with E-state index < -0.39 is 0 Å². The van der Waals surface area contributed by atoms with Crippen LogP contribution in [-0.4, -0.2) is 9.97 Å². The Labute approximate surface area is 271 Å². The van der Waals surface area contributed by atoms with Gasteiger partial charge in [0.2, 0.25) is 0 Å². The number of fused-ring (bicyclic) bond motifs is 1. The van der Waals surface area contributed by atoms with Crippen molar-refractivity contribution in [2.24, 2.45) is 0 Å². The lowest BCUT2D eigenvalue weighted by Crippen LogP contribution is -2.16. The monoisotopic (exact) mass is 596 g/mol. The molecule has 1 aromatic heterocycles. The summed E-state index contributed by atoms with van der Waals surface area (Å²) in [4.78, 5) is 14.7. The fourth-order valence-corrected chi connectivity index (χ4v) is 5.87. The number of rotatable bonds is 7. The summed E-state index contributed by atoms with van der Waals surface area (Å²) < 4.78 is 0. The average molecular weight is 597 g/mol. The van der Waals surface area contributed by atoms with Crippen LogP contribution in [0.4, 0.5) is 34.1 Å². The van der Waals surface area contributed by atoms with Crippen LogP contribution in [0.5, 0.6) is 0 Å². The Bertz CT molecular complexity index is 2010. The van der Waals surface area contributed by atoms with Crippen molar-refractivity contribution >= 4 is 45.2 Å². The zero-order valence-corrected chi connectivity index (χ0v) is 26.4. The van der Waals surface area contributed by atoms with Crippen LogP contribution < -0.4 is 9.80 Å². The van der Waals surface area contributed by atoms with Crippen LogP contribution in [0.15, 0.2) is 164 Å². The standard InChI is InChI=1S/C42H36N4/c1-42(2,3)41-40(43-38-21-13-14-22-39(38)44-41)31-23-25-35(26-24-31)46(34-19-11-6-12-20-34)37-29-27-36(28-30-37)45(32-15-7-4-8-16-32)33-17-9-5-10-18-33/h4-30H,1-3H3. The Kier molecular flexibility index (Phi) is 7.78. The van der Waals surface area contributed by atoms with E-state index in [1.54, 1.807) is 0 Å². The highest BCUT2D eigenvalue weighted by atomic mass is 15.2. The summed E-state index contributed by atoms with van der Waals surface area (Å²) in [7, 11) is 0. The van der Waals surface area contributed by atoms with Gasteiger partial charge in [-0.1, -0.05) is 99.6 Å². The number of hydrogen-bond donors (Lipinski definition) is 0. The minimum atomic E-state index is -0.157. The predicted molar refractivity (Wildman–Crippen MR) is 193 cm³/mol. The summed E-state index contributed by atoms with van der Waals surface area (Å²) in [5.41, 5.74) is 11.2. The molecule has 0 aliphatic rings. The Morgan fingerprint density at radius 2 is 0.696 bits per heavy atom. The fraction of sp³-hybridized carbons (Fsp3) is 0.0952. The highest BCUT2D eigenvalue weighted by Crippen LogP contribution is 2.40. The second kappa shape index (κ2) is 12.3. The van der Waals surface area contributed by atoms with Gasteiger partial charge in [-0.15, -0.1) is 0 Å². The van der Waals surface area contributed by atoms with Crippen molar-refractivity contribution in [2.75, 3.05) is 9.80 Å². The lowest BCUT2D eigenvalue weighted by atomic mass is 9.88. The first kappa shape index (κ1) is 29.0. The van der Waals surface area contributed by atoms with Crippen molar-refractivity contribution in [1.82, 2.24) is 9.97 Å². The third-order valence-electron chi connectivity index (χ3n) is 8.09. The normalized spacial score (nSPS) is 11.4. The van der Waals surface area contributed by atoms with E-state index in [2.05, 4.69) is 170 Å². The van der Waals surface area contributed by atoms with Gasteiger partial charge >= 0.3 is 0 Å². The topological polar surface area (TPSA) is 32.3 Å². The first-order valence-corrected chi connectivity index (χ1v) is 15.7. The fourth-order valence-electron chi connectivity index (χ4n) is 5.87. The SMILES string of the molecule is CC(C)(C)c1nc2ccccc2nc1-c1ccc(N(c2ccccc2)c2ccc(N(c3ccccc3)c3ccccc3)cc2)cc1. The quantitative estimate of drug-likeness (QED) is 0.183. The van der Waals surface area contributed by atoms with E-state index in [0.29, 0.717) is 0 Å². The summed E-state index contributed by atoms with van der Waals surface area (Å²) in [6.07, 6.45) is 0. The van der Waals surface area contributed by atoms with Crippen LogP contribution in [0.25, 0.3) is 22.3 Å². The highest BCUT2D eigenvalue weighted by molar-refractivity contribution is 5.83. The van der Waals surface area contributed by atoms with Crippen molar-refractivity contribution in [3.8, 4) is 11.3 Å². The van der Waals surface area contributed by atoms with Crippen LogP contribution >= 0.6 is 0 Å². The molecule has 4 heteroatoms. The minimum Gasteiger partial charge on any atom is -0.311 e. The number of para-hydroxylation sites is 5. The van der Waals surface area contributed by atoms with Crippen LogP contribution in [-0.2, 0) is 5.41 Å². The molecule has 0 radical (unpaired) electrons. The van der Waals surface area contributed by atoms with E-state index in [-0.39, 0.29) is 5.41 Å². The van der Waals surface area contributed by atoms with Crippen LogP contribution in [0, 0.1) is 0 Å². The third-order valence-corrected chi connectivity index (χ3v) is 8.09. The highest BCUT2D eigenvalue weighted by Gasteiger charge is 2.23. The maximum absolute atomic E-state index is 5.10. The molecule has 0 unspecified atom stereocenters. The number of aromatic nitrogens is 2. The molecule has 0 aliphatic heterocycles. The summed E-state index contributed by atoms with van der Waals surface area (Å²) in [6, 6.07) is 57.1. The van der Waals surface area contributed by atoms with Crippen molar-refractivity contribution in [1.29, 1.82) is 0 Å². The Hall–Kier alpha value is -5.74. The van der Waals surface area contributed by atoms with E-state index in [1.807, 2.05) is 24.3 Å². The molecule has 224 valence electrons. The van der Waals surface area contributed by atoms with Crippen LogP contribution in [0.2, 0.25) is 0 Å². The van der Waals surface area contributed by atoms with E-state index in [0.717, 1.165) is 62.1 Å². The van der Waals surface area contributed by atoms with Crippen molar-refractivity contribution in [3.05, 3.63) is 169 Å². The second-order valence-corrected chi connectivity index (χ2v) is 12.4. The lowest BCUT2D eigenvalue weighted by Gasteiger charge is -2.28. The summed E-state index contributed by atoms with van der Waals surface area (Å²) >= 11 is 0. The predicted octanol–water partition coefficient (Wildman–Crippen LogP) is 11.5. The molecule has 6 aromatic carbocycles. The van der Waals surface area contributed by atoms with E-state index >= 15 is 0 Å². The van der Waals surface area contributed by atoms with Gasteiger partial charge in [0, 0.05) is 45.1 Å². The van der Waals surface area contributed by atoms with Crippen LogP contribution in [0.1, 0.15) is 26.5 Å². The molecule has 7 rings (SSSR count). The van der Waals surface area contributed by atoms with Crippen molar-refractivity contribution < 1.29 is 0 Å². The van der Waals surface area contributed by atoms with Gasteiger partial charge in [0.25, 0.3) is 0 Å². The van der Waals surface area contributed by atoms with Gasteiger partial charge in [0.15, 0.2) is 0 Å². The Morgan fingerprint density at radius 1 is 0.370 bits per heavy atom. The smallest absolute Gasteiger partial charge is 0.0930 e. The maximum atomic E-state index is 5.10. The van der Waals surface area contributed by atoms with Gasteiger partial charge in [-0.05, 0) is 84.9 Å². The third kappa shape index (κ3) is 5.85. The molecule has 1 heterocycles. The largest absolute Gasteiger partial charge is 0.311 e. The zero-order chi connectivity index (χ0) is 31.5. The molecule has 7 aromatic rings. The Balaban J connectivity index is 1.28. The Morgan fingerprint density at radius 3 is 1.09 bits per heavy atom. The molecule has 0 amide bonds. The number of nitrogens with zero attached hydrogens (tertiary/aromatic N) is 4. The molecule has 0 N–H and O–H groups in total. The van der Waals surface area contributed by atoms with E-state index in [1.165, 1.54) is 0 Å². The van der Waals surface area contributed by atoms with E-state index in [4.69, 9.17) is 9.97 Å². The molecule has 0 saturated carbocycles. The molecule has 0 aliphatic carbocycles. The zero-order valence-electron chi connectivity index (χ0n) is 26.4. The van der Waals surface area contributed by atoms with Gasteiger partial charge in [-0.3, -0.25) is 0 Å². The van der Waals surface area contributed by atoms with E-state index in [9.17, 15) is 0 Å². The molecule has 0 spiro atoms. The molecular weight excluding hydrogens is 560 g/mol. The first-order chi connectivity index (χ1) is 22.5.